The van der Waals surface area contributed by atoms with Gasteiger partial charge in [-0.1, -0.05) is 5.16 Å². The molecule has 1 aliphatic heterocycles. The van der Waals surface area contributed by atoms with Crippen LogP contribution in [-0.4, -0.2) is 39.5 Å². The third-order valence-corrected chi connectivity index (χ3v) is 3.35. The number of nitrogens with zero attached hydrogens (tertiary/aromatic N) is 4. The van der Waals surface area contributed by atoms with Gasteiger partial charge in [0, 0.05) is 37.0 Å². The van der Waals surface area contributed by atoms with Crippen LogP contribution in [0.15, 0.2) is 29.0 Å². The Bertz CT molecular complexity index is 547. The fourth-order valence-electron chi connectivity index (χ4n) is 2.24. The average Bonchev–Trinajstić information content (AvgIpc) is 2.98. The van der Waals surface area contributed by atoms with Crippen molar-refractivity contribution in [3.05, 3.63) is 30.4 Å². The Morgan fingerprint density at radius 2 is 2.00 bits per heavy atom. The second-order valence-corrected chi connectivity index (χ2v) is 4.54. The first kappa shape index (κ1) is 11.8. The highest BCUT2D eigenvalue weighted by Gasteiger charge is 2.25. The van der Waals surface area contributed by atoms with Crippen molar-refractivity contribution in [1.29, 1.82) is 0 Å². The number of pyridine rings is 1. The fourth-order valence-corrected chi connectivity index (χ4v) is 2.24. The summed E-state index contributed by atoms with van der Waals surface area (Å²) >= 11 is 0. The molecule has 0 atom stereocenters. The fraction of sp³-hybridized carbons (Fsp3) is 0.385. The monoisotopic (exact) mass is 257 g/mol. The van der Waals surface area contributed by atoms with Crippen molar-refractivity contribution in [3.63, 3.8) is 0 Å². The number of hydrogen-bond donors (Lipinski definition) is 0. The van der Waals surface area contributed by atoms with Gasteiger partial charge in [-0.2, -0.15) is 4.98 Å². The second-order valence-electron chi connectivity index (χ2n) is 4.54. The Kier molecular flexibility index (Phi) is 3.22. The van der Waals surface area contributed by atoms with Gasteiger partial charge in [-0.25, -0.2) is 0 Å². The molecule has 0 aliphatic carbocycles. The molecule has 6 heteroatoms. The summed E-state index contributed by atoms with van der Waals surface area (Å²) < 4.78 is 5.33. The standard InChI is InChI=1S/C13H13N4O2/c18-9-17-7-3-11(4-8-17)13-15-12(16-19-13)10-1-5-14-6-2-10/h1-2,5-6,11H,3-4,7-8H2. The number of aromatic nitrogens is 3. The van der Waals surface area contributed by atoms with Crippen LogP contribution in [0.1, 0.15) is 24.7 Å². The molecule has 3 rings (SSSR count). The van der Waals surface area contributed by atoms with Crippen molar-refractivity contribution in [2.45, 2.75) is 18.8 Å². The lowest BCUT2D eigenvalue weighted by atomic mass is 9.97. The van der Waals surface area contributed by atoms with Gasteiger partial charge in [0.25, 0.3) is 0 Å². The molecule has 0 spiro atoms. The molecule has 0 bridgehead atoms. The van der Waals surface area contributed by atoms with E-state index in [2.05, 4.69) is 15.1 Å². The zero-order chi connectivity index (χ0) is 13.1. The largest absolute Gasteiger partial charge is 0.339 e. The van der Waals surface area contributed by atoms with E-state index in [1.54, 1.807) is 17.3 Å². The summed E-state index contributed by atoms with van der Waals surface area (Å²) in [6, 6.07) is 3.69. The molecule has 0 saturated carbocycles. The molecule has 1 amide bonds. The van der Waals surface area contributed by atoms with Crippen molar-refractivity contribution >= 4 is 6.41 Å². The third kappa shape index (κ3) is 2.47. The average molecular weight is 257 g/mol. The SMILES string of the molecule is O=[C]N1CCC(c2nc(-c3ccncc3)no2)CC1. The number of amides is 1. The smallest absolute Gasteiger partial charge is 0.312 e. The molecule has 97 valence electrons. The Morgan fingerprint density at radius 1 is 1.26 bits per heavy atom. The van der Waals surface area contributed by atoms with Gasteiger partial charge in [0.2, 0.25) is 11.7 Å². The van der Waals surface area contributed by atoms with Crippen molar-refractivity contribution in [2.75, 3.05) is 13.1 Å². The van der Waals surface area contributed by atoms with E-state index in [1.807, 2.05) is 18.5 Å². The zero-order valence-electron chi connectivity index (χ0n) is 10.3. The van der Waals surface area contributed by atoms with Crippen LogP contribution < -0.4 is 0 Å². The van der Waals surface area contributed by atoms with Crippen molar-refractivity contribution in [2.24, 2.45) is 0 Å². The molecule has 2 aromatic rings. The lowest BCUT2D eigenvalue weighted by Crippen LogP contribution is -2.31. The van der Waals surface area contributed by atoms with Crippen LogP contribution in [0.5, 0.6) is 0 Å². The third-order valence-electron chi connectivity index (χ3n) is 3.35. The molecule has 6 nitrogen and oxygen atoms in total. The van der Waals surface area contributed by atoms with Gasteiger partial charge in [0.15, 0.2) is 0 Å². The molecule has 2 aromatic heterocycles. The number of piperidine rings is 1. The van der Waals surface area contributed by atoms with Gasteiger partial charge in [-0.3, -0.25) is 9.78 Å². The van der Waals surface area contributed by atoms with E-state index >= 15 is 0 Å². The first-order valence-electron chi connectivity index (χ1n) is 6.23. The normalized spacial score (nSPS) is 16.5. The van der Waals surface area contributed by atoms with Gasteiger partial charge in [0.1, 0.15) is 0 Å². The van der Waals surface area contributed by atoms with E-state index in [1.165, 1.54) is 0 Å². The van der Waals surface area contributed by atoms with E-state index in [-0.39, 0.29) is 5.92 Å². The highest BCUT2D eigenvalue weighted by atomic mass is 16.5. The zero-order valence-corrected chi connectivity index (χ0v) is 10.3. The summed E-state index contributed by atoms with van der Waals surface area (Å²) in [6.45, 7) is 1.39. The maximum atomic E-state index is 10.5. The Balaban J connectivity index is 1.74. The van der Waals surface area contributed by atoms with Crippen LogP contribution in [0, 0.1) is 0 Å². The summed E-state index contributed by atoms with van der Waals surface area (Å²) in [7, 11) is 0. The first-order valence-corrected chi connectivity index (χ1v) is 6.23. The summed E-state index contributed by atoms with van der Waals surface area (Å²) in [6.07, 6.45) is 6.99. The van der Waals surface area contributed by atoms with Gasteiger partial charge < -0.3 is 9.42 Å². The minimum atomic E-state index is 0.229. The Labute approximate surface area is 110 Å². The molecule has 1 fully saturated rings. The minimum Gasteiger partial charge on any atom is -0.339 e. The topological polar surface area (TPSA) is 72.1 Å². The summed E-state index contributed by atoms with van der Waals surface area (Å²) in [4.78, 5) is 20.6. The first-order chi connectivity index (χ1) is 9.36. The summed E-state index contributed by atoms with van der Waals surface area (Å²) in [5.74, 6) is 1.46. The molecule has 1 aliphatic rings. The maximum Gasteiger partial charge on any atom is 0.312 e. The molecule has 0 unspecified atom stereocenters. The number of likely N-dealkylation sites (tertiary alicyclic amines) is 1. The van der Waals surface area contributed by atoms with Crippen LogP contribution in [0.25, 0.3) is 11.4 Å². The molecule has 19 heavy (non-hydrogen) atoms. The predicted octanol–water partition coefficient (Wildman–Crippen LogP) is 1.38. The summed E-state index contributed by atoms with van der Waals surface area (Å²) in [5, 5.41) is 4.00. The molecule has 0 aromatic carbocycles. The van der Waals surface area contributed by atoms with Crippen LogP contribution in [0.4, 0.5) is 0 Å². The Morgan fingerprint density at radius 3 is 2.68 bits per heavy atom. The number of carbonyl (C=O) groups excluding carboxylic acids is 1. The van der Waals surface area contributed by atoms with Crippen LogP contribution in [-0.2, 0) is 4.79 Å². The van der Waals surface area contributed by atoms with Crippen LogP contribution in [0.3, 0.4) is 0 Å². The minimum absolute atomic E-state index is 0.229. The van der Waals surface area contributed by atoms with E-state index < -0.39 is 0 Å². The van der Waals surface area contributed by atoms with E-state index in [9.17, 15) is 4.79 Å². The summed E-state index contributed by atoms with van der Waals surface area (Å²) in [5.41, 5.74) is 0.892. The highest BCUT2D eigenvalue weighted by Crippen LogP contribution is 2.27. The quantitative estimate of drug-likeness (QED) is 0.830. The number of rotatable bonds is 3. The molecule has 3 heterocycles. The Hall–Kier alpha value is -2.24. The van der Waals surface area contributed by atoms with Gasteiger partial charge in [-0.15, -0.1) is 0 Å². The molecule has 1 radical (unpaired) electrons. The lowest BCUT2D eigenvalue weighted by Gasteiger charge is -2.25. The molecule has 1 saturated heterocycles. The van der Waals surface area contributed by atoms with Gasteiger partial charge in [-0.05, 0) is 25.0 Å². The van der Waals surface area contributed by atoms with Crippen molar-refractivity contribution in [1.82, 2.24) is 20.0 Å². The molecule has 0 N–H and O–H groups in total. The van der Waals surface area contributed by atoms with E-state index in [0.717, 1.165) is 18.4 Å². The maximum absolute atomic E-state index is 10.5. The lowest BCUT2D eigenvalue weighted by molar-refractivity contribution is 0.258. The van der Waals surface area contributed by atoms with Gasteiger partial charge in [0.05, 0.1) is 0 Å². The number of hydrogen-bond acceptors (Lipinski definition) is 5. The van der Waals surface area contributed by atoms with E-state index in [4.69, 9.17) is 4.52 Å². The van der Waals surface area contributed by atoms with Gasteiger partial charge >= 0.3 is 6.41 Å². The highest BCUT2D eigenvalue weighted by molar-refractivity contribution is 5.52. The van der Waals surface area contributed by atoms with Crippen molar-refractivity contribution < 1.29 is 9.32 Å². The molecular formula is C13H13N4O2. The predicted molar refractivity (Wildman–Crippen MR) is 66.8 cm³/mol. The van der Waals surface area contributed by atoms with Crippen LogP contribution in [0.2, 0.25) is 0 Å². The molecular weight excluding hydrogens is 244 g/mol. The van der Waals surface area contributed by atoms with E-state index in [0.29, 0.717) is 24.8 Å². The van der Waals surface area contributed by atoms with Crippen LogP contribution >= 0.6 is 0 Å². The van der Waals surface area contributed by atoms with Crippen molar-refractivity contribution in [3.8, 4) is 11.4 Å². The second kappa shape index (κ2) is 5.17.